The van der Waals surface area contributed by atoms with Gasteiger partial charge in [-0.05, 0) is 60.9 Å². The van der Waals surface area contributed by atoms with Crippen LogP contribution in [0.5, 0.6) is 0 Å². The fourth-order valence-corrected chi connectivity index (χ4v) is 3.80. The SMILES string of the molecule is Cc1ccc(CC(=O)c2ccc3nc(-c4c(Cl)cccc4Cl)[nH]c3c2)cc1C. The van der Waals surface area contributed by atoms with E-state index in [-0.39, 0.29) is 5.78 Å². The van der Waals surface area contributed by atoms with Crippen LogP contribution in [0.2, 0.25) is 10.0 Å². The van der Waals surface area contributed by atoms with Gasteiger partial charge in [-0.15, -0.1) is 0 Å². The molecule has 0 saturated carbocycles. The number of imidazole rings is 1. The Kier molecular flexibility index (Phi) is 4.96. The molecule has 0 spiro atoms. The quantitative estimate of drug-likeness (QED) is 0.387. The maximum absolute atomic E-state index is 12.8. The Hall–Kier alpha value is -2.62. The van der Waals surface area contributed by atoms with Gasteiger partial charge >= 0.3 is 0 Å². The Labute approximate surface area is 173 Å². The molecule has 0 atom stereocenters. The minimum Gasteiger partial charge on any atom is -0.338 e. The van der Waals surface area contributed by atoms with E-state index in [9.17, 15) is 4.79 Å². The summed E-state index contributed by atoms with van der Waals surface area (Å²) in [7, 11) is 0. The molecule has 0 fully saturated rings. The summed E-state index contributed by atoms with van der Waals surface area (Å²) >= 11 is 12.6. The summed E-state index contributed by atoms with van der Waals surface area (Å²) in [5.41, 5.74) is 6.26. The van der Waals surface area contributed by atoms with Crippen LogP contribution >= 0.6 is 23.2 Å². The second-order valence-electron chi connectivity index (χ2n) is 6.93. The molecule has 5 heteroatoms. The maximum Gasteiger partial charge on any atom is 0.167 e. The van der Waals surface area contributed by atoms with Crippen molar-refractivity contribution in [2.45, 2.75) is 20.3 Å². The number of aryl methyl sites for hydroxylation is 2. The smallest absolute Gasteiger partial charge is 0.167 e. The minimum atomic E-state index is 0.0667. The van der Waals surface area contributed by atoms with Crippen LogP contribution in [0.15, 0.2) is 54.6 Å². The molecule has 0 amide bonds. The third-order valence-electron chi connectivity index (χ3n) is 4.94. The summed E-state index contributed by atoms with van der Waals surface area (Å²) in [5, 5.41) is 1.05. The van der Waals surface area contributed by atoms with Crippen molar-refractivity contribution in [3.63, 3.8) is 0 Å². The van der Waals surface area contributed by atoms with Crippen molar-refractivity contribution in [1.29, 1.82) is 0 Å². The molecule has 0 unspecified atom stereocenters. The van der Waals surface area contributed by atoms with E-state index < -0.39 is 0 Å². The number of nitrogens with one attached hydrogen (secondary N) is 1. The van der Waals surface area contributed by atoms with Crippen LogP contribution in [-0.4, -0.2) is 15.8 Å². The summed E-state index contributed by atoms with van der Waals surface area (Å²) < 4.78 is 0. The molecule has 0 radical (unpaired) electrons. The molecule has 4 rings (SSSR count). The van der Waals surface area contributed by atoms with Gasteiger partial charge in [-0.1, -0.05) is 47.5 Å². The molecule has 140 valence electrons. The van der Waals surface area contributed by atoms with Crippen LogP contribution < -0.4 is 0 Å². The van der Waals surface area contributed by atoms with Gasteiger partial charge < -0.3 is 4.98 Å². The number of aromatic nitrogens is 2. The average molecular weight is 409 g/mol. The van der Waals surface area contributed by atoms with E-state index in [0.717, 1.165) is 16.6 Å². The highest BCUT2D eigenvalue weighted by Crippen LogP contribution is 2.34. The van der Waals surface area contributed by atoms with Gasteiger partial charge in [-0.2, -0.15) is 0 Å². The molecule has 1 aromatic heterocycles. The number of ketones is 1. The van der Waals surface area contributed by atoms with Gasteiger partial charge in [0.25, 0.3) is 0 Å². The zero-order chi connectivity index (χ0) is 19.8. The van der Waals surface area contributed by atoms with Crippen LogP contribution in [0.4, 0.5) is 0 Å². The summed E-state index contributed by atoms with van der Waals surface area (Å²) in [6, 6.07) is 16.9. The predicted molar refractivity (Wildman–Crippen MR) is 116 cm³/mol. The molecule has 3 nitrogen and oxygen atoms in total. The number of Topliss-reactive ketones (excluding diaryl/α,β-unsaturated/α-hetero) is 1. The first-order valence-corrected chi connectivity index (χ1v) is 9.71. The first-order valence-electron chi connectivity index (χ1n) is 8.96. The van der Waals surface area contributed by atoms with Crippen molar-refractivity contribution in [3.8, 4) is 11.4 Å². The third-order valence-corrected chi connectivity index (χ3v) is 5.57. The highest BCUT2D eigenvalue weighted by molar-refractivity contribution is 6.39. The normalized spacial score (nSPS) is 11.1. The molecule has 1 heterocycles. The summed E-state index contributed by atoms with van der Waals surface area (Å²) in [6.45, 7) is 4.12. The van der Waals surface area contributed by atoms with E-state index in [0.29, 0.717) is 33.4 Å². The second-order valence-corrected chi connectivity index (χ2v) is 7.75. The van der Waals surface area contributed by atoms with E-state index >= 15 is 0 Å². The van der Waals surface area contributed by atoms with Crippen LogP contribution in [0.25, 0.3) is 22.4 Å². The van der Waals surface area contributed by atoms with E-state index in [1.165, 1.54) is 11.1 Å². The lowest BCUT2D eigenvalue weighted by atomic mass is 9.99. The number of hydrogen-bond donors (Lipinski definition) is 1. The standard InChI is InChI=1S/C23H18Cl2N2O/c1-13-6-7-15(10-14(13)2)11-21(28)16-8-9-19-20(12-16)27-23(26-19)22-17(24)4-3-5-18(22)25/h3-10,12H,11H2,1-2H3,(H,26,27). The number of carbonyl (C=O) groups is 1. The molecule has 0 aliphatic carbocycles. The zero-order valence-corrected chi connectivity index (χ0v) is 17.0. The van der Waals surface area contributed by atoms with Gasteiger partial charge in [0.1, 0.15) is 5.82 Å². The summed E-state index contributed by atoms with van der Waals surface area (Å²) in [4.78, 5) is 20.6. The number of nitrogens with zero attached hydrogens (tertiary/aromatic N) is 1. The molecule has 0 bridgehead atoms. The van der Waals surface area contributed by atoms with E-state index in [4.69, 9.17) is 23.2 Å². The number of carbonyl (C=O) groups excluding carboxylic acids is 1. The lowest BCUT2D eigenvalue weighted by Crippen LogP contribution is -2.04. The molecular formula is C23H18Cl2N2O. The lowest BCUT2D eigenvalue weighted by Gasteiger charge is -2.05. The number of H-pyrrole nitrogens is 1. The maximum atomic E-state index is 12.8. The highest BCUT2D eigenvalue weighted by atomic mass is 35.5. The molecule has 1 N–H and O–H groups in total. The van der Waals surface area contributed by atoms with Crippen molar-refractivity contribution in [1.82, 2.24) is 9.97 Å². The van der Waals surface area contributed by atoms with Crippen molar-refractivity contribution in [2.24, 2.45) is 0 Å². The van der Waals surface area contributed by atoms with Gasteiger partial charge in [0.15, 0.2) is 5.78 Å². The van der Waals surface area contributed by atoms with Crippen molar-refractivity contribution in [3.05, 3.63) is 86.9 Å². The Morgan fingerprint density at radius 1 is 0.964 bits per heavy atom. The largest absolute Gasteiger partial charge is 0.338 e. The van der Waals surface area contributed by atoms with E-state index in [1.807, 2.05) is 24.3 Å². The Bertz CT molecular complexity index is 1190. The Balaban J connectivity index is 1.66. The van der Waals surface area contributed by atoms with Gasteiger partial charge in [-0.25, -0.2) is 4.98 Å². The number of hydrogen-bond acceptors (Lipinski definition) is 2. The third kappa shape index (κ3) is 3.56. The van der Waals surface area contributed by atoms with Gasteiger partial charge in [0, 0.05) is 12.0 Å². The predicted octanol–water partition coefficient (Wildman–Crippen LogP) is 6.58. The molecule has 0 aliphatic heterocycles. The molecule has 28 heavy (non-hydrogen) atoms. The first kappa shape index (κ1) is 18.7. The van der Waals surface area contributed by atoms with Crippen molar-refractivity contribution in [2.75, 3.05) is 0 Å². The molecule has 0 aliphatic rings. The van der Waals surface area contributed by atoms with Gasteiger partial charge in [0.2, 0.25) is 0 Å². The molecular weight excluding hydrogens is 391 g/mol. The summed E-state index contributed by atoms with van der Waals surface area (Å²) in [6.07, 6.45) is 0.365. The number of rotatable bonds is 4. The van der Waals surface area contributed by atoms with E-state index in [1.54, 1.807) is 18.2 Å². The number of benzene rings is 3. The van der Waals surface area contributed by atoms with Crippen molar-refractivity contribution < 1.29 is 4.79 Å². The van der Waals surface area contributed by atoms with E-state index in [2.05, 4.69) is 35.9 Å². The van der Waals surface area contributed by atoms with Gasteiger partial charge in [-0.3, -0.25) is 4.79 Å². The molecule has 4 aromatic rings. The fourth-order valence-electron chi connectivity index (χ4n) is 3.23. The topological polar surface area (TPSA) is 45.8 Å². The molecule has 0 saturated heterocycles. The molecule has 3 aromatic carbocycles. The minimum absolute atomic E-state index is 0.0667. The summed E-state index contributed by atoms with van der Waals surface area (Å²) in [5.74, 6) is 0.654. The second kappa shape index (κ2) is 7.42. The zero-order valence-electron chi connectivity index (χ0n) is 15.5. The fraction of sp³-hybridized carbons (Fsp3) is 0.130. The number of fused-ring (bicyclic) bond motifs is 1. The Morgan fingerprint density at radius 2 is 1.71 bits per heavy atom. The lowest BCUT2D eigenvalue weighted by molar-refractivity contribution is 0.0993. The Morgan fingerprint density at radius 3 is 2.43 bits per heavy atom. The van der Waals surface area contributed by atoms with Crippen LogP contribution in [-0.2, 0) is 6.42 Å². The monoisotopic (exact) mass is 408 g/mol. The van der Waals surface area contributed by atoms with Crippen molar-refractivity contribution >= 4 is 40.0 Å². The van der Waals surface area contributed by atoms with Crippen LogP contribution in [0.1, 0.15) is 27.0 Å². The van der Waals surface area contributed by atoms with Gasteiger partial charge in [0.05, 0.1) is 26.6 Å². The van der Waals surface area contributed by atoms with Crippen LogP contribution in [0, 0.1) is 13.8 Å². The number of aromatic amines is 1. The van der Waals surface area contributed by atoms with Crippen LogP contribution in [0.3, 0.4) is 0 Å². The first-order chi connectivity index (χ1) is 13.4. The number of halogens is 2. The average Bonchev–Trinajstić information content (AvgIpc) is 3.07. The highest BCUT2D eigenvalue weighted by Gasteiger charge is 2.14.